The Morgan fingerprint density at radius 3 is 2.50 bits per heavy atom. The molecule has 3 aromatic rings. The van der Waals surface area contributed by atoms with Crippen molar-refractivity contribution in [2.24, 2.45) is 0 Å². The highest BCUT2D eigenvalue weighted by Crippen LogP contribution is 2.32. The molecule has 3 rings (SSSR count). The smallest absolute Gasteiger partial charge is 0.387 e. The number of aromatic nitrogens is 2. The number of benzene rings is 2. The van der Waals surface area contributed by atoms with Gasteiger partial charge in [0.05, 0.1) is 14.2 Å². The molecule has 180 valence electrons. The van der Waals surface area contributed by atoms with Crippen molar-refractivity contribution in [2.45, 2.75) is 20.1 Å². The summed E-state index contributed by atoms with van der Waals surface area (Å²) in [5.74, 6) is 0.327. The first-order chi connectivity index (χ1) is 16.4. The first-order valence-electron chi connectivity index (χ1n) is 9.98. The Bertz CT molecular complexity index is 1150. The van der Waals surface area contributed by atoms with Crippen LogP contribution in [0, 0.1) is 0 Å². The highest BCUT2D eigenvalue weighted by atomic mass is 19.3. The predicted molar refractivity (Wildman–Crippen MR) is 116 cm³/mol. The summed E-state index contributed by atoms with van der Waals surface area (Å²) in [4.78, 5) is 16.2. The number of hydrogen-bond acceptors (Lipinski definition) is 9. The van der Waals surface area contributed by atoms with Crippen LogP contribution in [-0.2, 0) is 16.1 Å². The Balaban J connectivity index is 1.56. The summed E-state index contributed by atoms with van der Waals surface area (Å²) in [5.41, 5.74) is 1.35. The fourth-order valence-electron chi connectivity index (χ4n) is 2.85. The Hall–Kier alpha value is -4.15. The second kappa shape index (κ2) is 11.6. The summed E-state index contributed by atoms with van der Waals surface area (Å²) in [5, 5.41) is 3.79. The molecular weight excluding hydrogens is 454 g/mol. The Morgan fingerprint density at radius 1 is 1.06 bits per heavy atom. The van der Waals surface area contributed by atoms with Crippen molar-refractivity contribution in [2.75, 3.05) is 20.8 Å². The van der Waals surface area contributed by atoms with Crippen molar-refractivity contribution in [3.63, 3.8) is 0 Å². The van der Waals surface area contributed by atoms with Crippen molar-refractivity contribution in [3.8, 4) is 34.4 Å². The van der Waals surface area contributed by atoms with Crippen molar-refractivity contribution in [1.29, 1.82) is 0 Å². The van der Waals surface area contributed by atoms with E-state index in [1.807, 2.05) is 25.1 Å². The van der Waals surface area contributed by atoms with Crippen LogP contribution in [0.2, 0.25) is 0 Å². The third kappa shape index (κ3) is 6.44. The molecule has 0 aliphatic heterocycles. The zero-order valence-corrected chi connectivity index (χ0v) is 18.6. The lowest BCUT2D eigenvalue weighted by Crippen LogP contribution is -2.15. The maximum atomic E-state index is 12.5. The van der Waals surface area contributed by atoms with Gasteiger partial charge in [-0.1, -0.05) is 23.4 Å². The van der Waals surface area contributed by atoms with Gasteiger partial charge < -0.3 is 28.2 Å². The topological polar surface area (TPSA) is 102 Å². The molecule has 1 aromatic heterocycles. The monoisotopic (exact) mass is 476 g/mol. The van der Waals surface area contributed by atoms with Gasteiger partial charge in [0, 0.05) is 5.56 Å². The summed E-state index contributed by atoms with van der Waals surface area (Å²) in [6.45, 7) is -1.73. The van der Waals surface area contributed by atoms with Crippen molar-refractivity contribution >= 4 is 12.0 Å². The van der Waals surface area contributed by atoms with E-state index in [9.17, 15) is 13.6 Å². The zero-order valence-electron chi connectivity index (χ0n) is 18.6. The highest BCUT2D eigenvalue weighted by molar-refractivity contribution is 5.71. The van der Waals surface area contributed by atoms with Gasteiger partial charge in [0.25, 0.3) is 5.89 Å². The Morgan fingerprint density at radius 2 is 1.79 bits per heavy atom. The fourth-order valence-corrected chi connectivity index (χ4v) is 2.85. The minimum atomic E-state index is -2.99. The number of ether oxygens (including phenoxy) is 5. The highest BCUT2D eigenvalue weighted by Gasteiger charge is 2.16. The van der Waals surface area contributed by atoms with E-state index in [0.717, 1.165) is 5.56 Å². The van der Waals surface area contributed by atoms with Crippen LogP contribution >= 0.6 is 0 Å². The van der Waals surface area contributed by atoms with Gasteiger partial charge in [0.15, 0.2) is 36.2 Å². The number of carbonyl (C=O) groups excluding carboxylic acids is 1. The van der Waals surface area contributed by atoms with Crippen molar-refractivity contribution in [3.05, 3.63) is 53.9 Å². The van der Waals surface area contributed by atoms with Gasteiger partial charge in [0.1, 0.15) is 0 Å². The molecule has 0 atom stereocenters. The largest absolute Gasteiger partial charge is 0.493 e. The molecule has 2 aromatic carbocycles. The van der Waals surface area contributed by atoms with Crippen LogP contribution in [0.3, 0.4) is 0 Å². The predicted octanol–water partition coefficient (Wildman–Crippen LogP) is 4.51. The van der Waals surface area contributed by atoms with Gasteiger partial charge in [-0.25, -0.2) is 4.79 Å². The number of esters is 1. The van der Waals surface area contributed by atoms with Gasteiger partial charge in [-0.15, -0.1) is 0 Å². The van der Waals surface area contributed by atoms with E-state index in [1.165, 1.54) is 32.4 Å². The molecule has 0 saturated heterocycles. The summed E-state index contributed by atoms with van der Waals surface area (Å²) < 4.78 is 55.3. The molecule has 0 aliphatic carbocycles. The summed E-state index contributed by atoms with van der Waals surface area (Å²) in [7, 11) is 2.81. The van der Waals surface area contributed by atoms with Crippen LogP contribution in [0.1, 0.15) is 18.4 Å². The zero-order chi connectivity index (χ0) is 24.5. The summed E-state index contributed by atoms with van der Waals surface area (Å²) >= 11 is 0. The molecule has 34 heavy (non-hydrogen) atoms. The third-order valence-corrected chi connectivity index (χ3v) is 4.35. The molecule has 0 unspecified atom stereocenters. The van der Waals surface area contributed by atoms with Crippen LogP contribution in [0.5, 0.6) is 23.0 Å². The first-order valence-corrected chi connectivity index (χ1v) is 9.98. The van der Waals surface area contributed by atoms with Crippen molar-refractivity contribution in [1.82, 2.24) is 10.1 Å². The van der Waals surface area contributed by atoms with Crippen LogP contribution in [0.15, 0.2) is 47.0 Å². The molecule has 0 aliphatic rings. The molecule has 0 N–H and O–H groups in total. The number of allylic oxidation sites excluding steroid dienone is 1. The lowest BCUT2D eigenvalue weighted by atomic mass is 10.2. The lowest BCUT2D eigenvalue weighted by Gasteiger charge is -2.10. The fraction of sp³-hybridized carbons (Fsp3) is 0.261. The molecule has 11 heteroatoms. The Labute approximate surface area is 193 Å². The molecular formula is C23H22F2N2O7. The standard InChI is InChI=1S/C23H22F2N2O7/c1-4-5-14-6-8-16(18(10-14)29-2)31-13-21(28)32-12-20-26-22(27-34-20)15-7-9-17(33-23(24)25)19(11-15)30-3/h4-11,23H,12-13H2,1-3H3/b5-4+. The maximum Gasteiger partial charge on any atom is 0.387 e. The summed E-state index contributed by atoms with van der Waals surface area (Å²) in [6.07, 6.45) is 3.80. The number of methoxy groups -OCH3 is 2. The molecule has 0 radical (unpaired) electrons. The first kappa shape index (κ1) is 24.5. The average molecular weight is 476 g/mol. The minimum Gasteiger partial charge on any atom is -0.493 e. The second-order valence-corrected chi connectivity index (χ2v) is 6.62. The number of halogens is 2. The molecule has 0 fully saturated rings. The second-order valence-electron chi connectivity index (χ2n) is 6.62. The van der Waals surface area contributed by atoms with Crippen molar-refractivity contribution < 1.29 is 41.8 Å². The normalized spacial score (nSPS) is 11.0. The molecule has 0 saturated carbocycles. The van der Waals surface area contributed by atoms with Crippen LogP contribution in [-0.4, -0.2) is 43.5 Å². The number of hydrogen-bond donors (Lipinski definition) is 0. The van der Waals surface area contributed by atoms with Crippen LogP contribution in [0.4, 0.5) is 8.78 Å². The summed E-state index contributed by atoms with van der Waals surface area (Å²) in [6, 6.07) is 9.47. The lowest BCUT2D eigenvalue weighted by molar-refractivity contribution is -0.148. The van der Waals surface area contributed by atoms with E-state index in [2.05, 4.69) is 14.9 Å². The Kier molecular flexibility index (Phi) is 8.38. The van der Waals surface area contributed by atoms with Gasteiger partial charge in [0.2, 0.25) is 5.82 Å². The van der Waals surface area contributed by atoms with Gasteiger partial charge in [-0.2, -0.15) is 13.8 Å². The van der Waals surface area contributed by atoms with Crippen LogP contribution < -0.4 is 18.9 Å². The van der Waals surface area contributed by atoms with E-state index in [1.54, 1.807) is 12.1 Å². The number of rotatable bonds is 11. The molecule has 9 nitrogen and oxygen atoms in total. The van der Waals surface area contributed by atoms with Gasteiger partial charge in [-0.05, 0) is 42.8 Å². The number of carbonyl (C=O) groups is 1. The van der Waals surface area contributed by atoms with E-state index in [4.69, 9.17) is 23.5 Å². The van der Waals surface area contributed by atoms with E-state index in [0.29, 0.717) is 17.1 Å². The minimum absolute atomic E-state index is 0.0310. The number of alkyl halides is 2. The average Bonchev–Trinajstić information content (AvgIpc) is 3.31. The van der Waals surface area contributed by atoms with Gasteiger partial charge >= 0.3 is 12.6 Å². The molecule has 0 spiro atoms. The maximum absolute atomic E-state index is 12.5. The van der Waals surface area contributed by atoms with Crippen LogP contribution in [0.25, 0.3) is 17.5 Å². The van der Waals surface area contributed by atoms with E-state index in [-0.39, 0.29) is 36.4 Å². The number of nitrogens with zero attached hydrogens (tertiary/aromatic N) is 2. The van der Waals surface area contributed by atoms with E-state index < -0.39 is 12.6 Å². The quantitative estimate of drug-likeness (QED) is 0.370. The SMILES string of the molecule is C/C=C/c1ccc(OCC(=O)OCc2nc(-c3ccc(OC(F)F)c(OC)c3)no2)c(OC)c1. The van der Waals surface area contributed by atoms with E-state index >= 15 is 0 Å². The third-order valence-electron chi connectivity index (χ3n) is 4.35. The molecule has 0 bridgehead atoms. The molecule has 1 heterocycles. The molecule has 0 amide bonds. The van der Waals surface area contributed by atoms with Gasteiger partial charge in [-0.3, -0.25) is 0 Å².